The summed E-state index contributed by atoms with van der Waals surface area (Å²) in [5.41, 5.74) is 2.54. The summed E-state index contributed by atoms with van der Waals surface area (Å²) >= 11 is 0. The van der Waals surface area contributed by atoms with Crippen LogP contribution in [0.5, 0.6) is 11.5 Å². The minimum atomic E-state index is -0.355. The molecule has 0 unspecified atom stereocenters. The minimum Gasteiger partial charge on any atom is -0.495 e. The van der Waals surface area contributed by atoms with Crippen LogP contribution in [-0.2, 0) is 0 Å². The van der Waals surface area contributed by atoms with Gasteiger partial charge in [0.2, 0.25) is 5.95 Å². The molecule has 0 spiro atoms. The first-order chi connectivity index (χ1) is 14.0. The third kappa shape index (κ3) is 5.22. The molecule has 1 amide bonds. The SMILES string of the molecule is COc1ccc(C)cc1NC(=O)c1ccnc(Nc2ccccc2OC(C)C)n1. The lowest BCUT2D eigenvalue weighted by Gasteiger charge is -2.15. The van der Waals surface area contributed by atoms with Crippen LogP contribution in [0.4, 0.5) is 17.3 Å². The molecule has 29 heavy (non-hydrogen) atoms. The number of carbonyl (C=O) groups excluding carboxylic acids is 1. The van der Waals surface area contributed by atoms with Gasteiger partial charge in [0.05, 0.1) is 24.6 Å². The number of hydrogen-bond donors (Lipinski definition) is 2. The lowest BCUT2D eigenvalue weighted by molar-refractivity contribution is 0.102. The lowest BCUT2D eigenvalue weighted by Crippen LogP contribution is -2.15. The number of amides is 1. The molecule has 1 aromatic heterocycles. The van der Waals surface area contributed by atoms with E-state index in [-0.39, 0.29) is 17.7 Å². The number of nitrogens with one attached hydrogen (secondary N) is 2. The van der Waals surface area contributed by atoms with Gasteiger partial charge in [-0.05, 0) is 56.7 Å². The van der Waals surface area contributed by atoms with Gasteiger partial charge in [0.15, 0.2) is 0 Å². The van der Waals surface area contributed by atoms with Gasteiger partial charge in [-0.15, -0.1) is 0 Å². The fraction of sp³-hybridized carbons (Fsp3) is 0.227. The standard InChI is InChI=1S/C22H24N4O3/c1-14(2)29-20-8-6-5-7-16(20)25-22-23-12-11-17(26-22)21(27)24-18-13-15(3)9-10-19(18)28-4/h5-14H,1-4H3,(H,24,27)(H,23,25,26). The Bertz CT molecular complexity index is 1000. The van der Waals surface area contributed by atoms with Crippen LogP contribution in [0.25, 0.3) is 0 Å². The maximum absolute atomic E-state index is 12.7. The molecule has 1 heterocycles. The van der Waals surface area contributed by atoms with Crippen molar-refractivity contribution in [1.29, 1.82) is 0 Å². The Morgan fingerprint density at radius 1 is 1.03 bits per heavy atom. The summed E-state index contributed by atoms with van der Waals surface area (Å²) in [6.45, 7) is 5.86. The van der Waals surface area contributed by atoms with Gasteiger partial charge in [-0.1, -0.05) is 18.2 Å². The number of hydrogen-bond acceptors (Lipinski definition) is 6. The average Bonchev–Trinajstić information content (AvgIpc) is 2.69. The summed E-state index contributed by atoms with van der Waals surface area (Å²) in [5.74, 6) is 1.21. The summed E-state index contributed by atoms with van der Waals surface area (Å²) in [5, 5.41) is 5.96. The van der Waals surface area contributed by atoms with Gasteiger partial charge >= 0.3 is 0 Å². The van der Waals surface area contributed by atoms with Gasteiger partial charge in [-0.3, -0.25) is 4.79 Å². The van der Waals surface area contributed by atoms with Gasteiger partial charge in [-0.25, -0.2) is 9.97 Å². The van der Waals surface area contributed by atoms with Gasteiger partial charge in [-0.2, -0.15) is 0 Å². The molecular formula is C22H24N4O3. The van der Waals surface area contributed by atoms with Crippen molar-refractivity contribution in [1.82, 2.24) is 9.97 Å². The zero-order valence-corrected chi connectivity index (χ0v) is 16.9. The number of benzene rings is 2. The summed E-state index contributed by atoms with van der Waals surface area (Å²) < 4.78 is 11.1. The number of nitrogens with zero attached hydrogens (tertiary/aromatic N) is 2. The first-order valence-electron chi connectivity index (χ1n) is 9.28. The molecule has 0 aliphatic carbocycles. The Hall–Kier alpha value is -3.61. The van der Waals surface area contributed by atoms with Crippen molar-refractivity contribution < 1.29 is 14.3 Å². The van der Waals surface area contributed by atoms with E-state index in [9.17, 15) is 4.79 Å². The number of ether oxygens (including phenoxy) is 2. The van der Waals surface area contributed by atoms with Crippen molar-refractivity contribution in [2.75, 3.05) is 17.7 Å². The van der Waals surface area contributed by atoms with Crippen molar-refractivity contribution in [3.05, 3.63) is 66.0 Å². The van der Waals surface area contributed by atoms with E-state index in [1.165, 1.54) is 6.20 Å². The third-order valence-corrected chi connectivity index (χ3v) is 3.99. The fourth-order valence-electron chi connectivity index (χ4n) is 2.70. The van der Waals surface area contributed by atoms with Crippen LogP contribution in [0, 0.1) is 6.92 Å². The monoisotopic (exact) mass is 392 g/mol. The van der Waals surface area contributed by atoms with E-state index in [2.05, 4.69) is 20.6 Å². The number of aryl methyl sites for hydroxylation is 1. The average molecular weight is 392 g/mol. The van der Waals surface area contributed by atoms with Crippen molar-refractivity contribution in [3.63, 3.8) is 0 Å². The summed E-state index contributed by atoms with van der Waals surface area (Å²) in [6, 6.07) is 14.6. The maximum Gasteiger partial charge on any atom is 0.274 e. The molecule has 0 aliphatic heterocycles. The highest BCUT2D eigenvalue weighted by Gasteiger charge is 2.13. The molecule has 0 fully saturated rings. The van der Waals surface area contributed by atoms with Crippen LogP contribution < -0.4 is 20.1 Å². The van der Waals surface area contributed by atoms with E-state index in [1.807, 2.05) is 63.2 Å². The number of rotatable bonds is 7. The highest BCUT2D eigenvalue weighted by Crippen LogP contribution is 2.28. The molecule has 3 rings (SSSR count). The van der Waals surface area contributed by atoms with E-state index in [4.69, 9.17) is 9.47 Å². The number of anilines is 3. The van der Waals surface area contributed by atoms with Crippen LogP contribution in [0.1, 0.15) is 29.9 Å². The minimum absolute atomic E-state index is 0.0280. The van der Waals surface area contributed by atoms with Gasteiger partial charge in [0.25, 0.3) is 5.91 Å². The maximum atomic E-state index is 12.7. The van der Waals surface area contributed by atoms with Gasteiger partial charge < -0.3 is 20.1 Å². The van der Waals surface area contributed by atoms with Crippen LogP contribution in [0.2, 0.25) is 0 Å². The molecule has 2 N–H and O–H groups in total. The second-order valence-electron chi connectivity index (χ2n) is 6.71. The predicted octanol–water partition coefficient (Wildman–Crippen LogP) is 4.58. The van der Waals surface area contributed by atoms with Crippen molar-refractivity contribution in [2.24, 2.45) is 0 Å². The molecule has 0 saturated carbocycles. The molecule has 0 radical (unpaired) electrons. The van der Waals surface area contributed by atoms with Crippen molar-refractivity contribution in [2.45, 2.75) is 26.9 Å². The Kier molecular flexibility index (Phi) is 6.29. The quantitative estimate of drug-likeness (QED) is 0.612. The number of aromatic nitrogens is 2. The van der Waals surface area contributed by atoms with Crippen LogP contribution in [0.3, 0.4) is 0 Å². The first-order valence-corrected chi connectivity index (χ1v) is 9.28. The molecule has 0 aliphatic rings. The fourth-order valence-corrected chi connectivity index (χ4v) is 2.70. The van der Waals surface area contributed by atoms with E-state index < -0.39 is 0 Å². The molecule has 2 aromatic carbocycles. The summed E-state index contributed by atoms with van der Waals surface area (Å²) in [4.78, 5) is 21.2. The molecule has 0 saturated heterocycles. The van der Waals surface area contributed by atoms with Gasteiger partial charge in [0.1, 0.15) is 17.2 Å². The zero-order valence-electron chi connectivity index (χ0n) is 16.9. The largest absolute Gasteiger partial charge is 0.495 e. The highest BCUT2D eigenvalue weighted by molar-refractivity contribution is 6.03. The van der Waals surface area contributed by atoms with E-state index >= 15 is 0 Å². The molecule has 150 valence electrons. The number of methoxy groups -OCH3 is 1. The summed E-state index contributed by atoms with van der Waals surface area (Å²) in [7, 11) is 1.56. The van der Waals surface area contributed by atoms with Gasteiger partial charge in [0, 0.05) is 6.20 Å². The van der Waals surface area contributed by atoms with Crippen LogP contribution in [-0.4, -0.2) is 29.1 Å². The van der Waals surface area contributed by atoms with Crippen LogP contribution in [0.15, 0.2) is 54.7 Å². The number of carbonyl (C=O) groups is 1. The highest BCUT2D eigenvalue weighted by atomic mass is 16.5. The van der Waals surface area contributed by atoms with E-state index in [0.717, 1.165) is 11.3 Å². The Morgan fingerprint density at radius 2 is 1.83 bits per heavy atom. The Morgan fingerprint density at radius 3 is 2.59 bits per heavy atom. The topological polar surface area (TPSA) is 85.4 Å². The normalized spacial score (nSPS) is 10.5. The van der Waals surface area contributed by atoms with E-state index in [0.29, 0.717) is 23.1 Å². The first kappa shape index (κ1) is 20.1. The smallest absolute Gasteiger partial charge is 0.274 e. The van der Waals surface area contributed by atoms with E-state index in [1.54, 1.807) is 13.2 Å². The second kappa shape index (κ2) is 9.05. The Labute approximate surface area is 170 Å². The zero-order chi connectivity index (χ0) is 20.8. The molecule has 3 aromatic rings. The van der Waals surface area contributed by atoms with Crippen molar-refractivity contribution in [3.8, 4) is 11.5 Å². The molecular weight excluding hydrogens is 368 g/mol. The molecule has 7 nitrogen and oxygen atoms in total. The third-order valence-electron chi connectivity index (χ3n) is 3.99. The second-order valence-corrected chi connectivity index (χ2v) is 6.71. The molecule has 0 atom stereocenters. The molecule has 7 heteroatoms. The Balaban J connectivity index is 1.80. The molecule has 0 bridgehead atoms. The van der Waals surface area contributed by atoms with Crippen molar-refractivity contribution >= 4 is 23.2 Å². The van der Waals surface area contributed by atoms with Crippen LogP contribution >= 0.6 is 0 Å². The number of para-hydroxylation sites is 2. The predicted molar refractivity (Wildman–Crippen MR) is 113 cm³/mol. The summed E-state index contributed by atoms with van der Waals surface area (Å²) in [6.07, 6.45) is 1.56. The lowest BCUT2D eigenvalue weighted by atomic mass is 10.2.